The highest BCUT2D eigenvalue weighted by Gasteiger charge is 2.58. The summed E-state index contributed by atoms with van der Waals surface area (Å²) in [5.41, 5.74) is 0.982. The monoisotopic (exact) mass is 524 g/mol. The van der Waals surface area contributed by atoms with Gasteiger partial charge in [0.15, 0.2) is 17.5 Å². The third-order valence-corrected chi connectivity index (χ3v) is 8.76. The highest BCUT2D eigenvalue weighted by Crippen LogP contribution is 2.47. The van der Waals surface area contributed by atoms with Gasteiger partial charge in [-0.25, -0.2) is 18.7 Å². The van der Waals surface area contributed by atoms with Crippen molar-refractivity contribution in [2.45, 2.75) is 80.3 Å². The number of nitrogens with one attached hydrogen (secondary N) is 1. The van der Waals surface area contributed by atoms with Crippen LogP contribution in [0.5, 0.6) is 5.75 Å². The first-order valence-corrected chi connectivity index (χ1v) is 13.9. The number of aromatic nitrogens is 4. The molecule has 3 aromatic rings. The van der Waals surface area contributed by atoms with E-state index in [9.17, 15) is 9.50 Å². The summed E-state index contributed by atoms with van der Waals surface area (Å²) in [4.78, 5) is 10.7. The second kappa shape index (κ2) is 8.87. The molecular weight excluding hydrogens is 494 g/mol. The number of anilines is 1. The molecule has 4 heterocycles. The largest absolute Gasteiger partial charge is 0.507 e. The normalized spacial score (nSPS) is 28.9. The maximum Gasteiger partial charge on any atom is 0.185 e. The molecule has 2 aliphatic heterocycles. The van der Waals surface area contributed by atoms with Crippen molar-refractivity contribution in [2.75, 3.05) is 11.2 Å². The zero-order chi connectivity index (χ0) is 25.9. The van der Waals surface area contributed by atoms with Crippen LogP contribution >= 0.6 is 11.8 Å². The van der Waals surface area contributed by atoms with Gasteiger partial charge in [0.25, 0.3) is 0 Å². The van der Waals surface area contributed by atoms with Gasteiger partial charge in [-0.15, -0.1) is 22.0 Å². The Bertz CT molecular complexity index is 1340. The van der Waals surface area contributed by atoms with Crippen LogP contribution in [0.3, 0.4) is 0 Å². The standard InChI is InChI=1S/C27H30F2N6OS/c1-26-8-9-27(2,34-26)23(29)20(12-26)35(17-5-6-17)22-14-30-24(33-32-22)18-7-4-15(11-21(18)36)16-10-19(28)25(37-3)31-13-16/h4,7,10-11,13-14,17,20,23,34,36H,5-6,8-9,12H2,1-3H3/t20-,23-,26-,27+/m0/s1. The number of phenolic OH excluding ortho intramolecular Hbond substituents is 1. The molecule has 3 fully saturated rings. The summed E-state index contributed by atoms with van der Waals surface area (Å²) in [6.07, 6.45) is 8.45. The third kappa shape index (κ3) is 4.33. The molecule has 6 rings (SSSR count). The van der Waals surface area contributed by atoms with Crippen LogP contribution in [-0.4, -0.2) is 60.9 Å². The molecule has 0 spiro atoms. The highest BCUT2D eigenvalue weighted by molar-refractivity contribution is 7.98. The maximum atomic E-state index is 15.8. The number of phenols is 1. The molecule has 0 radical (unpaired) electrons. The second-order valence-corrected chi connectivity index (χ2v) is 11.8. The molecule has 7 nitrogen and oxygen atoms in total. The molecule has 2 saturated heterocycles. The average Bonchev–Trinajstić information content (AvgIpc) is 3.67. The molecule has 37 heavy (non-hydrogen) atoms. The zero-order valence-corrected chi connectivity index (χ0v) is 21.9. The van der Waals surface area contributed by atoms with E-state index >= 15 is 4.39 Å². The molecule has 2 bridgehead atoms. The Morgan fingerprint density at radius 1 is 1.08 bits per heavy atom. The molecule has 1 aliphatic carbocycles. The van der Waals surface area contributed by atoms with Crippen molar-refractivity contribution in [2.24, 2.45) is 0 Å². The Hall–Kier alpha value is -2.85. The lowest BCUT2D eigenvalue weighted by Crippen LogP contribution is -2.66. The number of fused-ring (bicyclic) bond motifs is 2. The number of piperidine rings is 1. The Balaban J connectivity index is 1.27. The molecule has 0 amide bonds. The Morgan fingerprint density at radius 3 is 2.54 bits per heavy atom. The van der Waals surface area contributed by atoms with E-state index in [-0.39, 0.29) is 29.2 Å². The zero-order valence-electron chi connectivity index (χ0n) is 21.1. The van der Waals surface area contributed by atoms with E-state index in [1.165, 1.54) is 23.9 Å². The minimum Gasteiger partial charge on any atom is -0.507 e. The fraction of sp³-hybridized carbons (Fsp3) is 0.481. The Labute approximate surface area is 219 Å². The van der Waals surface area contributed by atoms with Crippen molar-refractivity contribution in [1.29, 1.82) is 0 Å². The molecule has 2 aromatic heterocycles. The van der Waals surface area contributed by atoms with E-state index in [4.69, 9.17) is 0 Å². The third-order valence-electron chi connectivity index (χ3n) is 8.07. The van der Waals surface area contributed by atoms with Crippen LogP contribution in [-0.2, 0) is 0 Å². The first kappa shape index (κ1) is 24.5. The van der Waals surface area contributed by atoms with Crippen LogP contribution in [0.25, 0.3) is 22.5 Å². The van der Waals surface area contributed by atoms with Crippen LogP contribution in [0.15, 0.2) is 41.7 Å². The van der Waals surface area contributed by atoms with Gasteiger partial charge in [0.05, 0.1) is 17.8 Å². The summed E-state index contributed by atoms with van der Waals surface area (Å²) in [5.74, 6) is 0.392. The summed E-state index contributed by atoms with van der Waals surface area (Å²) < 4.78 is 30.0. The van der Waals surface area contributed by atoms with Crippen LogP contribution < -0.4 is 10.2 Å². The van der Waals surface area contributed by atoms with Gasteiger partial charge >= 0.3 is 0 Å². The van der Waals surface area contributed by atoms with E-state index < -0.39 is 17.5 Å². The minimum absolute atomic E-state index is 0.0416. The molecule has 0 unspecified atom stereocenters. The van der Waals surface area contributed by atoms with Gasteiger partial charge in [0.2, 0.25) is 0 Å². The highest BCUT2D eigenvalue weighted by atomic mass is 32.2. The predicted molar refractivity (Wildman–Crippen MR) is 140 cm³/mol. The second-order valence-electron chi connectivity index (χ2n) is 11.0. The van der Waals surface area contributed by atoms with E-state index in [0.717, 1.165) is 25.7 Å². The van der Waals surface area contributed by atoms with Crippen LogP contribution in [0.2, 0.25) is 0 Å². The van der Waals surface area contributed by atoms with Crippen molar-refractivity contribution in [3.8, 4) is 28.3 Å². The van der Waals surface area contributed by atoms with Gasteiger partial charge in [-0.3, -0.25) is 0 Å². The van der Waals surface area contributed by atoms with Gasteiger partial charge in [-0.05, 0) is 76.0 Å². The number of benzene rings is 1. The number of rotatable bonds is 6. The van der Waals surface area contributed by atoms with Crippen molar-refractivity contribution >= 4 is 17.6 Å². The smallest absolute Gasteiger partial charge is 0.185 e. The fourth-order valence-electron chi connectivity index (χ4n) is 6.06. The number of hydrogen-bond acceptors (Lipinski definition) is 8. The quantitative estimate of drug-likeness (QED) is 0.429. The lowest BCUT2D eigenvalue weighted by Gasteiger charge is -2.48. The minimum atomic E-state index is -1.02. The summed E-state index contributed by atoms with van der Waals surface area (Å²) in [6.45, 7) is 4.17. The van der Waals surface area contributed by atoms with Crippen LogP contribution in [0.1, 0.15) is 46.0 Å². The lowest BCUT2D eigenvalue weighted by molar-refractivity contribution is 0.0831. The molecule has 2 N–H and O–H groups in total. The molecule has 1 saturated carbocycles. The first-order chi connectivity index (χ1) is 17.7. The molecule has 1 aromatic carbocycles. The fourth-order valence-corrected chi connectivity index (χ4v) is 6.48. The number of pyridine rings is 1. The summed E-state index contributed by atoms with van der Waals surface area (Å²) in [7, 11) is 0. The van der Waals surface area contributed by atoms with Crippen molar-refractivity contribution < 1.29 is 13.9 Å². The SMILES string of the molecule is CSc1ncc(-c2ccc(-c3ncc(N(C4CC4)[C@H]4C[C@]5(C)CC[C@@](C)(N5)[C@H]4F)nn3)c(O)c2)cc1F. The predicted octanol–water partition coefficient (Wildman–Crippen LogP) is 5.15. The van der Waals surface area contributed by atoms with Crippen LogP contribution in [0.4, 0.5) is 14.6 Å². The van der Waals surface area contributed by atoms with Gasteiger partial charge in [0.1, 0.15) is 16.9 Å². The van der Waals surface area contributed by atoms with Crippen molar-refractivity contribution in [3.05, 3.63) is 42.5 Å². The van der Waals surface area contributed by atoms with Crippen molar-refractivity contribution in [1.82, 2.24) is 25.5 Å². The van der Waals surface area contributed by atoms with E-state index in [1.54, 1.807) is 30.8 Å². The van der Waals surface area contributed by atoms with E-state index in [2.05, 4.69) is 37.3 Å². The molecule has 10 heteroatoms. The van der Waals surface area contributed by atoms with Gasteiger partial charge < -0.3 is 15.3 Å². The molecule has 3 aliphatic rings. The summed E-state index contributed by atoms with van der Waals surface area (Å²) in [5, 5.41) is 23.3. The number of halogens is 2. The Kier molecular flexibility index (Phi) is 5.87. The number of aromatic hydroxyl groups is 1. The van der Waals surface area contributed by atoms with Gasteiger partial charge in [-0.1, -0.05) is 6.07 Å². The maximum absolute atomic E-state index is 15.8. The molecule has 4 atom stereocenters. The lowest BCUT2D eigenvalue weighted by atomic mass is 9.82. The van der Waals surface area contributed by atoms with Gasteiger partial charge in [0, 0.05) is 28.9 Å². The van der Waals surface area contributed by atoms with Crippen LogP contribution in [0, 0.1) is 5.82 Å². The van der Waals surface area contributed by atoms with Gasteiger partial charge in [-0.2, -0.15) is 0 Å². The molecular formula is C27H30F2N6OS. The summed E-state index contributed by atoms with van der Waals surface area (Å²) >= 11 is 1.24. The number of nitrogens with zero attached hydrogens (tertiary/aromatic N) is 5. The Morgan fingerprint density at radius 2 is 1.89 bits per heavy atom. The van der Waals surface area contributed by atoms with Crippen molar-refractivity contribution in [3.63, 3.8) is 0 Å². The number of hydrogen-bond donors (Lipinski definition) is 2. The van der Waals surface area contributed by atoms with E-state index in [0.29, 0.717) is 34.0 Å². The topological polar surface area (TPSA) is 87.1 Å². The first-order valence-electron chi connectivity index (χ1n) is 12.6. The number of thioether (sulfide) groups is 1. The molecule has 194 valence electrons. The average molecular weight is 525 g/mol. The van der Waals surface area contributed by atoms with E-state index in [1.807, 2.05) is 6.92 Å². The number of alkyl halides is 1. The summed E-state index contributed by atoms with van der Waals surface area (Å²) in [6, 6.07) is 6.35.